The van der Waals surface area contributed by atoms with Crippen LogP contribution in [0.5, 0.6) is 5.75 Å². The fourth-order valence-corrected chi connectivity index (χ4v) is 1.53. The normalized spacial score (nSPS) is 11.2. The zero-order chi connectivity index (χ0) is 14.3. The summed E-state index contributed by atoms with van der Waals surface area (Å²) < 4.78 is 9.87. The summed E-state index contributed by atoms with van der Waals surface area (Å²) in [6.45, 7) is 4.09. The molecule has 0 aliphatic heterocycles. The quantitative estimate of drug-likeness (QED) is 0.576. The molecule has 1 atom stereocenters. The Balaban J connectivity index is 2.88. The lowest BCUT2D eigenvalue weighted by atomic mass is 9.96. The zero-order valence-electron chi connectivity index (χ0n) is 10.9. The van der Waals surface area contributed by atoms with Crippen molar-refractivity contribution in [1.82, 2.24) is 0 Å². The highest BCUT2D eigenvalue weighted by atomic mass is 16.5. The first-order valence-corrected chi connectivity index (χ1v) is 5.97. The summed E-state index contributed by atoms with van der Waals surface area (Å²) in [5, 5.41) is 9.03. The van der Waals surface area contributed by atoms with Gasteiger partial charge >= 0.3 is 5.97 Å². The average Bonchev–Trinajstić information content (AvgIpc) is 2.42. The van der Waals surface area contributed by atoms with E-state index in [2.05, 4.69) is 4.74 Å². The lowest BCUT2D eigenvalue weighted by Gasteiger charge is -2.09. The van der Waals surface area contributed by atoms with Crippen LogP contribution in [0.1, 0.15) is 25.3 Å². The molecular formula is C14H15NO4. The van der Waals surface area contributed by atoms with Crippen LogP contribution in [-0.2, 0) is 14.3 Å². The molecule has 0 aliphatic rings. The van der Waals surface area contributed by atoms with E-state index < -0.39 is 17.7 Å². The molecule has 1 rings (SSSR count). The van der Waals surface area contributed by atoms with Gasteiger partial charge in [0.1, 0.15) is 11.7 Å². The number of Topliss-reactive ketones (excluding diaryl/α,β-unsaturated/α-hetero) is 1. The standard InChI is InChI=1S/C14H15NO4/c1-3-18-11-7-5-10(6-8-11)12(9-15)13(16)14(17)19-4-2/h5-8,12H,3-4H2,1-2H3/t12-/m0/s1. The number of benzene rings is 1. The smallest absolute Gasteiger partial charge is 0.376 e. The molecule has 1 aromatic carbocycles. The van der Waals surface area contributed by atoms with Crippen molar-refractivity contribution in [1.29, 1.82) is 5.26 Å². The second kappa shape index (κ2) is 7.17. The van der Waals surface area contributed by atoms with Gasteiger partial charge in [-0.3, -0.25) is 4.79 Å². The molecule has 5 heteroatoms. The maximum atomic E-state index is 11.7. The highest BCUT2D eigenvalue weighted by Crippen LogP contribution is 2.20. The Morgan fingerprint density at radius 3 is 2.32 bits per heavy atom. The van der Waals surface area contributed by atoms with Crippen LogP contribution in [0.15, 0.2) is 24.3 Å². The third-order valence-electron chi connectivity index (χ3n) is 2.39. The molecule has 0 saturated carbocycles. The number of hydrogen-bond acceptors (Lipinski definition) is 5. The molecule has 0 aromatic heterocycles. The van der Waals surface area contributed by atoms with Crippen LogP contribution in [-0.4, -0.2) is 25.0 Å². The second-order valence-corrected chi connectivity index (χ2v) is 3.65. The van der Waals surface area contributed by atoms with E-state index in [-0.39, 0.29) is 6.61 Å². The van der Waals surface area contributed by atoms with Crippen LogP contribution in [0.2, 0.25) is 0 Å². The van der Waals surface area contributed by atoms with Crippen molar-refractivity contribution in [2.24, 2.45) is 0 Å². The van der Waals surface area contributed by atoms with Crippen LogP contribution in [0.25, 0.3) is 0 Å². The van der Waals surface area contributed by atoms with Gasteiger partial charge in [0.2, 0.25) is 0 Å². The van der Waals surface area contributed by atoms with Crippen molar-refractivity contribution in [2.75, 3.05) is 13.2 Å². The molecule has 0 radical (unpaired) electrons. The summed E-state index contributed by atoms with van der Waals surface area (Å²) in [5.41, 5.74) is 0.448. The summed E-state index contributed by atoms with van der Waals surface area (Å²) in [4.78, 5) is 23.1. The maximum Gasteiger partial charge on any atom is 0.376 e. The Hall–Kier alpha value is -2.35. The third kappa shape index (κ3) is 3.81. The maximum absolute atomic E-state index is 11.7. The van der Waals surface area contributed by atoms with E-state index in [0.717, 1.165) is 0 Å². The predicted octanol–water partition coefficient (Wildman–Crippen LogP) is 1.82. The van der Waals surface area contributed by atoms with E-state index in [4.69, 9.17) is 10.00 Å². The minimum Gasteiger partial charge on any atom is -0.494 e. The van der Waals surface area contributed by atoms with E-state index in [9.17, 15) is 9.59 Å². The molecule has 1 aromatic rings. The molecule has 0 N–H and O–H groups in total. The number of ether oxygens (including phenoxy) is 2. The number of carbonyl (C=O) groups is 2. The van der Waals surface area contributed by atoms with Gasteiger partial charge in [0.25, 0.3) is 5.78 Å². The van der Waals surface area contributed by atoms with E-state index >= 15 is 0 Å². The number of hydrogen-bond donors (Lipinski definition) is 0. The molecule has 0 unspecified atom stereocenters. The Morgan fingerprint density at radius 2 is 1.84 bits per heavy atom. The molecule has 0 spiro atoms. The Labute approximate surface area is 111 Å². The van der Waals surface area contributed by atoms with Gasteiger partial charge in [-0.25, -0.2) is 4.79 Å². The van der Waals surface area contributed by atoms with Crippen LogP contribution >= 0.6 is 0 Å². The minimum absolute atomic E-state index is 0.103. The van der Waals surface area contributed by atoms with Gasteiger partial charge in [-0.15, -0.1) is 0 Å². The summed E-state index contributed by atoms with van der Waals surface area (Å²) in [5.74, 6) is -2.34. The van der Waals surface area contributed by atoms with Crippen molar-refractivity contribution >= 4 is 11.8 Å². The zero-order valence-corrected chi connectivity index (χ0v) is 10.9. The Kier molecular flexibility index (Phi) is 5.55. The van der Waals surface area contributed by atoms with Gasteiger partial charge in [-0.1, -0.05) is 12.1 Å². The number of rotatable bonds is 6. The second-order valence-electron chi connectivity index (χ2n) is 3.65. The van der Waals surface area contributed by atoms with Gasteiger partial charge in [-0.05, 0) is 31.5 Å². The van der Waals surface area contributed by atoms with Crippen LogP contribution in [0.3, 0.4) is 0 Å². The first-order chi connectivity index (χ1) is 9.13. The summed E-state index contributed by atoms with van der Waals surface area (Å²) in [7, 11) is 0. The molecular weight excluding hydrogens is 246 g/mol. The van der Waals surface area contributed by atoms with Crippen molar-refractivity contribution < 1.29 is 19.1 Å². The molecule has 0 fully saturated rings. The van der Waals surface area contributed by atoms with Crippen molar-refractivity contribution in [3.8, 4) is 11.8 Å². The highest BCUT2D eigenvalue weighted by Gasteiger charge is 2.27. The van der Waals surface area contributed by atoms with Crippen molar-refractivity contribution in [3.63, 3.8) is 0 Å². The van der Waals surface area contributed by atoms with Crippen LogP contribution in [0, 0.1) is 11.3 Å². The Bertz CT molecular complexity index is 487. The fourth-order valence-electron chi connectivity index (χ4n) is 1.53. The molecule has 0 bridgehead atoms. The summed E-state index contributed by atoms with van der Waals surface area (Å²) in [6, 6.07) is 8.31. The highest BCUT2D eigenvalue weighted by molar-refractivity contribution is 6.36. The minimum atomic E-state index is -1.14. The number of carbonyl (C=O) groups excluding carboxylic acids is 2. The average molecular weight is 261 g/mol. The molecule has 0 heterocycles. The van der Waals surface area contributed by atoms with Gasteiger partial charge < -0.3 is 9.47 Å². The molecule has 100 valence electrons. The monoisotopic (exact) mass is 261 g/mol. The first-order valence-electron chi connectivity index (χ1n) is 5.97. The third-order valence-corrected chi connectivity index (χ3v) is 2.39. The summed E-state index contributed by atoms with van der Waals surface area (Å²) >= 11 is 0. The molecule has 19 heavy (non-hydrogen) atoms. The van der Waals surface area contributed by atoms with Gasteiger partial charge in [0.05, 0.1) is 19.3 Å². The van der Waals surface area contributed by atoms with Crippen molar-refractivity contribution in [3.05, 3.63) is 29.8 Å². The SMILES string of the molecule is CCOC(=O)C(=O)[C@@H](C#N)c1ccc(OCC)cc1. The topological polar surface area (TPSA) is 76.4 Å². The van der Waals surface area contributed by atoms with Crippen molar-refractivity contribution in [2.45, 2.75) is 19.8 Å². The van der Waals surface area contributed by atoms with E-state index in [1.165, 1.54) is 0 Å². The molecule has 0 amide bonds. The number of nitriles is 1. The van der Waals surface area contributed by atoms with Gasteiger partial charge in [-0.2, -0.15) is 5.26 Å². The predicted molar refractivity (Wildman–Crippen MR) is 67.6 cm³/mol. The molecule has 0 saturated heterocycles. The van der Waals surface area contributed by atoms with E-state index in [1.807, 2.05) is 13.0 Å². The fraction of sp³-hybridized carbons (Fsp3) is 0.357. The Morgan fingerprint density at radius 1 is 1.21 bits per heavy atom. The number of esters is 1. The van der Waals surface area contributed by atoms with Crippen LogP contribution in [0.4, 0.5) is 0 Å². The van der Waals surface area contributed by atoms with Gasteiger partial charge in [0, 0.05) is 0 Å². The lowest BCUT2D eigenvalue weighted by Crippen LogP contribution is -2.23. The van der Waals surface area contributed by atoms with Gasteiger partial charge in [0.15, 0.2) is 0 Å². The largest absolute Gasteiger partial charge is 0.494 e. The molecule has 0 aliphatic carbocycles. The lowest BCUT2D eigenvalue weighted by molar-refractivity contribution is -0.153. The number of nitrogens with zero attached hydrogens (tertiary/aromatic N) is 1. The molecule has 5 nitrogen and oxygen atoms in total. The van der Waals surface area contributed by atoms with E-state index in [1.54, 1.807) is 31.2 Å². The summed E-state index contributed by atoms with van der Waals surface area (Å²) in [6.07, 6.45) is 0. The van der Waals surface area contributed by atoms with E-state index in [0.29, 0.717) is 17.9 Å². The van der Waals surface area contributed by atoms with Crippen LogP contribution < -0.4 is 4.74 Å². The number of ketones is 1. The first kappa shape index (κ1) is 14.7.